The average Bonchev–Trinajstić information content (AvgIpc) is 2.29. The fraction of sp³-hybridized carbons (Fsp3) is 0.455. The van der Waals surface area contributed by atoms with E-state index < -0.39 is 12.4 Å². The standard InChI is InChI=1S/C11H13ClF2N2O2/c1-2-18-9(17)3-6-7(4-12)11(15)16-5-8(6)10(13)14/h5,10H,2-4H2,1H3,(H2,15,16). The number of pyridine rings is 1. The van der Waals surface area contributed by atoms with Crippen LogP contribution in [0.4, 0.5) is 14.6 Å². The number of ether oxygens (including phenoxy) is 1. The number of carbonyl (C=O) groups is 1. The highest BCUT2D eigenvalue weighted by Crippen LogP contribution is 2.29. The molecule has 0 aliphatic rings. The molecule has 1 aromatic heterocycles. The van der Waals surface area contributed by atoms with Crippen LogP contribution in [0, 0.1) is 0 Å². The van der Waals surface area contributed by atoms with Crippen molar-refractivity contribution in [1.29, 1.82) is 0 Å². The number of rotatable bonds is 5. The fourth-order valence-electron chi connectivity index (χ4n) is 1.53. The largest absolute Gasteiger partial charge is 0.466 e. The van der Waals surface area contributed by atoms with Crippen molar-refractivity contribution in [2.45, 2.75) is 25.7 Å². The number of alkyl halides is 3. The molecule has 1 aromatic rings. The molecule has 0 bridgehead atoms. The van der Waals surface area contributed by atoms with E-state index in [9.17, 15) is 13.6 Å². The Morgan fingerprint density at radius 3 is 2.72 bits per heavy atom. The van der Waals surface area contributed by atoms with Gasteiger partial charge in [-0.1, -0.05) is 0 Å². The van der Waals surface area contributed by atoms with Gasteiger partial charge < -0.3 is 10.5 Å². The minimum atomic E-state index is -2.75. The second-order valence-corrected chi connectivity index (χ2v) is 3.74. The zero-order chi connectivity index (χ0) is 13.7. The number of nitrogens with two attached hydrogens (primary N) is 1. The molecule has 1 rings (SSSR count). The van der Waals surface area contributed by atoms with E-state index in [2.05, 4.69) is 4.98 Å². The first-order chi connectivity index (χ1) is 8.51. The molecule has 2 N–H and O–H groups in total. The van der Waals surface area contributed by atoms with Crippen molar-refractivity contribution in [2.75, 3.05) is 12.3 Å². The van der Waals surface area contributed by atoms with Crippen LogP contribution in [0.3, 0.4) is 0 Å². The summed E-state index contributed by atoms with van der Waals surface area (Å²) in [7, 11) is 0. The summed E-state index contributed by atoms with van der Waals surface area (Å²) in [6.07, 6.45) is -2.07. The molecule has 4 nitrogen and oxygen atoms in total. The maximum absolute atomic E-state index is 12.8. The predicted octanol–water partition coefficient (Wildman–Crippen LogP) is 2.45. The van der Waals surface area contributed by atoms with Crippen molar-refractivity contribution in [3.63, 3.8) is 0 Å². The number of carbonyl (C=O) groups excluding carboxylic acids is 1. The van der Waals surface area contributed by atoms with E-state index >= 15 is 0 Å². The zero-order valence-electron chi connectivity index (χ0n) is 9.75. The van der Waals surface area contributed by atoms with Gasteiger partial charge in [-0.05, 0) is 12.5 Å². The highest BCUT2D eigenvalue weighted by atomic mass is 35.5. The number of esters is 1. The quantitative estimate of drug-likeness (QED) is 0.664. The van der Waals surface area contributed by atoms with Crippen molar-refractivity contribution < 1.29 is 18.3 Å². The molecule has 0 aliphatic carbocycles. The zero-order valence-corrected chi connectivity index (χ0v) is 10.5. The normalized spacial score (nSPS) is 10.7. The summed E-state index contributed by atoms with van der Waals surface area (Å²) in [4.78, 5) is 15.0. The minimum Gasteiger partial charge on any atom is -0.466 e. The third-order valence-corrected chi connectivity index (χ3v) is 2.63. The average molecular weight is 279 g/mol. The van der Waals surface area contributed by atoms with Gasteiger partial charge in [0.2, 0.25) is 0 Å². The Bertz CT molecular complexity index is 441. The molecule has 0 amide bonds. The number of aromatic nitrogens is 1. The Morgan fingerprint density at radius 2 is 2.22 bits per heavy atom. The molecule has 0 aliphatic heterocycles. The number of nitrogens with zero attached hydrogens (tertiary/aromatic N) is 1. The van der Waals surface area contributed by atoms with E-state index in [0.717, 1.165) is 6.20 Å². The smallest absolute Gasteiger partial charge is 0.310 e. The number of halogens is 3. The van der Waals surface area contributed by atoms with Gasteiger partial charge in [-0.2, -0.15) is 0 Å². The lowest BCUT2D eigenvalue weighted by atomic mass is 10.0. The van der Waals surface area contributed by atoms with Crippen molar-refractivity contribution >= 4 is 23.4 Å². The van der Waals surface area contributed by atoms with Gasteiger partial charge in [-0.15, -0.1) is 11.6 Å². The van der Waals surface area contributed by atoms with Gasteiger partial charge in [0.1, 0.15) is 5.82 Å². The monoisotopic (exact) mass is 278 g/mol. The van der Waals surface area contributed by atoms with E-state index in [1.165, 1.54) is 0 Å². The van der Waals surface area contributed by atoms with E-state index in [1.807, 2.05) is 0 Å². The van der Waals surface area contributed by atoms with Crippen molar-refractivity contribution in [3.8, 4) is 0 Å². The van der Waals surface area contributed by atoms with Gasteiger partial charge in [-0.25, -0.2) is 13.8 Å². The fourth-order valence-corrected chi connectivity index (χ4v) is 1.82. The molecule has 0 fully saturated rings. The second kappa shape index (κ2) is 6.49. The highest BCUT2D eigenvalue weighted by Gasteiger charge is 2.21. The molecule has 0 atom stereocenters. The first-order valence-corrected chi connectivity index (χ1v) is 5.80. The topological polar surface area (TPSA) is 65.2 Å². The molecule has 0 spiro atoms. The van der Waals surface area contributed by atoms with Crippen LogP contribution in [-0.4, -0.2) is 17.6 Å². The van der Waals surface area contributed by atoms with Gasteiger partial charge in [0.15, 0.2) is 0 Å². The summed E-state index contributed by atoms with van der Waals surface area (Å²) >= 11 is 5.66. The third-order valence-electron chi connectivity index (χ3n) is 2.36. The molecule has 1 heterocycles. The van der Waals surface area contributed by atoms with Crippen LogP contribution in [0.1, 0.15) is 30.0 Å². The Hall–Kier alpha value is -1.43. The van der Waals surface area contributed by atoms with Crippen LogP contribution in [-0.2, 0) is 21.8 Å². The van der Waals surface area contributed by atoms with Gasteiger partial charge in [0, 0.05) is 17.3 Å². The summed E-state index contributed by atoms with van der Waals surface area (Å²) in [6.45, 7) is 1.81. The molecule has 0 saturated heterocycles. The van der Waals surface area contributed by atoms with Gasteiger partial charge in [0.05, 0.1) is 18.9 Å². The Labute approximate surface area is 108 Å². The van der Waals surface area contributed by atoms with Gasteiger partial charge in [0.25, 0.3) is 6.43 Å². The molecular formula is C11H13ClF2N2O2. The lowest BCUT2D eigenvalue weighted by Crippen LogP contribution is -2.13. The van der Waals surface area contributed by atoms with E-state index in [1.54, 1.807) is 6.92 Å². The molecule has 0 saturated carbocycles. The predicted molar refractivity (Wildman–Crippen MR) is 63.5 cm³/mol. The molecule has 0 radical (unpaired) electrons. The summed E-state index contributed by atoms with van der Waals surface area (Å²) in [5, 5.41) is 0. The van der Waals surface area contributed by atoms with Crippen molar-refractivity contribution in [3.05, 3.63) is 22.9 Å². The Morgan fingerprint density at radius 1 is 1.56 bits per heavy atom. The Balaban J connectivity index is 3.19. The third kappa shape index (κ3) is 3.29. The summed E-state index contributed by atoms with van der Waals surface area (Å²) in [6, 6.07) is 0. The molecule has 18 heavy (non-hydrogen) atoms. The van der Waals surface area contributed by atoms with E-state index in [4.69, 9.17) is 22.1 Å². The van der Waals surface area contributed by atoms with Crippen LogP contribution in [0.25, 0.3) is 0 Å². The van der Waals surface area contributed by atoms with Gasteiger partial charge in [-0.3, -0.25) is 4.79 Å². The highest BCUT2D eigenvalue weighted by molar-refractivity contribution is 6.17. The van der Waals surface area contributed by atoms with E-state index in [0.29, 0.717) is 0 Å². The Kier molecular flexibility index (Phi) is 5.27. The number of nitrogen functional groups attached to an aromatic ring is 1. The number of hydrogen-bond acceptors (Lipinski definition) is 4. The van der Waals surface area contributed by atoms with E-state index in [-0.39, 0.29) is 41.4 Å². The molecular weight excluding hydrogens is 266 g/mol. The maximum Gasteiger partial charge on any atom is 0.310 e. The molecule has 0 unspecified atom stereocenters. The van der Waals surface area contributed by atoms with Gasteiger partial charge >= 0.3 is 5.97 Å². The van der Waals surface area contributed by atoms with Crippen LogP contribution < -0.4 is 5.73 Å². The number of anilines is 1. The summed E-state index contributed by atoms with van der Waals surface area (Å²) < 4.78 is 30.4. The van der Waals surface area contributed by atoms with Crippen LogP contribution >= 0.6 is 11.6 Å². The summed E-state index contributed by atoms with van der Waals surface area (Å²) in [5.74, 6) is -0.640. The minimum absolute atomic E-state index is 0.0497. The lowest BCUT2D eigenvalue weighted by Gasteiger charge is -2.13. The lowest BCUT2D eigenvalue weighted by molar-refractivity contribution is -0.142. The van der Waals surface area contributed by atoms with Crippen LogP contribution in [0.2, 0.25) is 0 Å². The second-order valence-electron chi connectivity index (χ2n) is 3.47. The van der Waals surface area contributed by atoms with Crippen LogP contribution in [0.15, 0.2) is 6.20 Å². The van der Waals surface area contributed by atoms with Crippen molar-refractivity contribution in [2.24, 2.45) is 0 Å². The molecule has 100 valence electrons. The molecule has 7 heteroatoms. The first kappa shape index (κ1) is 14.6. The summed E-state index contributed by atoms with van der Waals surface area (Å²) in [5.41, 5.74) is 5.57. The first-order valence-electron chi connectivity index (χ1n) is 5.27. The number of hydrogen-bond donors (Lipinski definition) is 1. The SMILES string of the molecule is CCOC(=O)Cc1c(C(F)F)cnc(N)c1CCl. The van der Waals surface area contributed by atoms with Crippen LogP contribution in [0.5, 0.6) is 0 Å². The molecule has 0 aromatic carbocycles. The van der Waals surface area contributed by atoms with Crippen molar-refractivity contribution in [1.82, 2.24) is 4.98 Å². The maximum atomic E-state index is 12.8.